The summed E-state index contributed by atoms with van der Waals surface area (Å²) in [5, 5.41) is 13.0. The predicted molar refractivity (Wildman–Crippen MR) is 151 cm³/mol. The van der Waals surface area contributed by atoms with Gasteiger partial charge < -0.3 is 4.74 Å². The Morgan fingerprint density at radius 1 is 0.857 bits per heavy atom. The molecule has 3 aliphatic rings. The molecule has 1 aliphatic heterocycles. The third-order valence-electron chi connectivity index (χ3n) is 8.30. The zero-order valence-corrected chi connectivity index (χ0v) is 23.5. The second kappa shape index (κ2) is 10.8. The summed E-state index contributed by atoms with van der Waals surface area (Å²) in [5.74, 6) is -2.17. The molecule has 10 nitrogen and oxygen atoms in total. The molecule has 12 heteroatoms. The minimum absolute atomic E-state index is 0.0738. The Morgan fingerprint density at radius 2 is 1.40 bits per heavy atom. The molecule has 0 unspecified atom stereocenters. The number of ketones is 1. The van der Waals surface area contributed by atoms with Crippen molar-refractivity contribution in [1.29, 1.82) is 0 Å². The molecule has 0 radical (unpaired) electrons. The molecule has 6 rings (SSSR count). The Bertz CT molecular complexity index is 1600. The summed E-state index contributed by atoms with van der Waals surface area (Å²) in [6.45, 7) is -0.562. The highest BCUT2D eigenvalue weighted by molar-refractivity contribution is 6.42. The fourth-order valence-corrected chi connectivity index (χ4v) is 6.65. The molecule has 1 saturated heterocycles. The average molecular weight is 608 g/mol. The molecular formula is C30H23Cl2N3O7. The van der Waals surface area contributed by atoms with Crippen LogP contribution in [0.1, 0.15) is 40.0 Å². The number of hydrogen-bond acceptors (Lipinski definition) is 7. The lowest BCUT2D eigenvalue weighted by Gasteiger charge is -2.31. The van der Waals surface area contributed by atoms with Crippen LogP contribution in [-0.4, -0.2) is 45.0 Å². The van der Waals surface area contributed by atoms with Crippen molar-refractivity contribution < 1.29 is 28.8 Å². The zero-order valence-electron chi connectivity index (χ0n) is 21.9. The number of hydrazine groups is 1. The number of nitro groups is 1. The number of amides is 3. The molecule has 4 atom stereocenters. The van der Waals surface area contributed by atoms with Crippen LogP contribution in [-0.2, 0) is 9.59 Å². The zero-order chi connectivity index (χ0) is 29.7. The fourth-order valence-electron chi connectivity index (χ4n) is 6.35. The number of fused-ring (bicyclic) bond motifs is 5. The number of Topliss-reactive ketones (excluding diaryl/α,β-unsaturated/α-hetero) is 1. The Morgan fingerprint density at radius 3 is 1.95 bits per heavy atom. The van der Waals surface area contributed by atoms with Gasteiger partial charge in [0.05, 0.1) is 26.8 Å². The number of benzene rings is 3. The summed E-state index contributed by atoms with van der Waals surface area (Å²) in [4.78, 5) is 64.7. The van der Waals surface area contributed by atoms with Crippen molar-refractivity contribution in [2.24, 2.45) is 23.7 Å². The number of nitro benzene ring substituents is 1. The van der Waals surface area contributed by atoms with Crippen LogP contribution >= 0.6 is 23.2 Å². The van der Waals surface area contributed by atoms with Crippen LogP contribution in [0.5, 0.6) is 11.5 Å². The number of hydrogen-bond donors (Lipinski definition) is 0. The van der Waals surface area contributed by atoms with E-state index in [2.05, 4.69) is 0 Å². The number of carbonyl (C=O) groups excluding carboxylic acids is 4. The van der Waals surface area contributed by atoms with E-state index in [1.807, 2.05) is 0 Å². The van der Waals surface area contributed by atoms with Crippen molar-refractivity contribution in [3.8, 4) is 11.5 Å². The molecule has 2 aliphatic carbocycles. The van der Waals surface area contributed by atoms with Crippen molar-refractivity contribution in [2.45, 2.75) is 19.3 Å². The highest BCUT2D eigenvalue weighted by Crippen LogP contribution is 2.56. The summed E-state index contributed by atoms with van der Waals surface area (Å²) in [5.41, 5.74) is 0.219. The summed E-state index contributed by atoms with van der Waals surface area (Å²) >= 11 is 12.2. The van der Waals surface area contributed by atoms with E-state index in [-0.39, 0.29) is 38.7 Å². The van der Waals surface area contributed by atoms with Gasteiger partial charge in [0.2, 0.25) is 0 Å². The highest BCUT2D eigenvalue weighted by Gasteiger charge is 2.62. The number of ether oxygens (including phenoxy) is 1. The van der Waals surface area contributed by atoms with Crippen LogP contribution in [0.15, 0.2) is 66.7 Å². The molecule has 0 aromatic heterocycles. The Hall–Kier alpha value is -4.28. The fraction of sp³-hybridized carbons (Fsp3) is 0.267. The van der Waals surface area contributed by atoms with E-state index in [0.29, 0.717) is 11.5 Å². The van der Waals surface area contributed by atoms with E-state index >= 15 is 0 Å². The lowest BCUT2D eigenvalue weighted by atomic mass is 9.81. The van der Waals surface area contributed by atoms with Gasteiger partial charge >= 0.3 is 0 Å². The van der Waals surface area contributed by atoms with Gasteiger partial charge in [-0.3, -0.25) is 29.3 Å². The van der Waals surface area contributed by atoms with Crippen molar-refractivity contribution in [3.05, 3.63) is 98.0 Å². The SMILES string of the molecule is O=C(CN(C(=O)c1ccc(Cl)c(Cl)c1)N1C(=O)[C@H]2[C@H]3CC[C@@H](C3)[C@@H]2C1=O)c1ccc(Oc2ccc([N+](=O)[O-])cc2)cc1. The van der Waals surface area contributed by atoms with Crippen LogP contribution in [0, 0.1) is 33.8 Å². The summed E-state index contributed by atoms with van der Waals surface area (Å²) in [7, 11) is 0. The Labute approximate surface area is 249 Å². The third kappa shape index (κ3) is 4.90. The smallest absolute Gasteiger partial charge is 0.273 e. The van der Waals surface area contributed by atoms with Crippen LogP contribution in [0.25, 0.3) is 0 Å². The first-order valence-corrected chi connectivity index (χ1v) is 14.1. The molecule has 3 aromatic carbocycles. The maximum absolute atomic E-state index is 13.7. The van der Waals surface area contributed by atoms with E-state index in [1.165, 1.54) is 66.7 Å². The van der Waals surface area contributed by atoms with Crippen LogP contribution in [0.2, 0.25) is 10.0 Å². The van der Waals surface area contributed by atoms with Gasteiger partial charge in [-0.15, -0.1) is 0 Å². The van der Waals surface area contributed by atoms with Gasteiger partial charge in [-0.05, 0) is 85.7 Å². The van der Waals surface area contributed by atoms with Crippen LogP contribution in [0.3, 0.4) is 0 Å². The van der Waals surface area contributed by atoms with E-state index in [1.54, 1.807) is 0 Å². The second-order valence-electron chi connectivity index (χ2n) is 10.7. The first-order valence-electron chi connectivity index (χ1n) is 13.3. The number of nitrogens with zero attached hydrogens (tertiary/aromatic N) is 3. The second-order valence-corrected chi connectivity index (χ2v) is 11.5. The molecule has 1 heterocycles. The van der Waals surface area contributed by atoms with Crippen LogP contribution in [0.4, 0.5) is 5.69 Å². The first-order chi connectivity index (χ1) is 20.1. The van der Waals surface area contributed by atoms with Gasteiger partial charge in [0.15, 0.2) is 5.78 Å². The Balaban J connectivity index is 1.24. The number of imide groups is 1. The van der Waals surface area contributed by atoms with Gasteiger partial charge in [0, 0.05) is 23.3 Å². The minimum atomic E-state index is -0.728. The molecule has 0 N–H and O–H groups in total. The molecule has 42 heavy (non-hydrogen) atoms. The minimum Gasteiger partial charge on any atom is -0.457 e. The molecule has 2 saturated carbocycles. The van der Waals surface area contributed by atoms with E-state index in [0.717, 1.165) is 29.3 Å². The normalized spacial score (nSPS) is 22.3. The maximum atomic E-state index is 13.7. The third-order valence-corrected chi connectivity index (χ3v) is 9.04. The van der Waals surface area contributed by atoms with E-state index < -0.39 is 46.8 Å². The lowest BCUT2D eigenvalue weighted by Crippen LogP contribution is -2.52. The molecule has 214 valence electrons. The summed E-state index contributed by atoms with van der Waals surface area (Å²) < 4.78 is 5.70. The predicted octanol–water partition coefficient (Wildman–Crippen LogP) is 5.97. The van der Waals surface area contributed by atoms with Gasteiger partial charge in [-0.2, -0.15) is 5.01 Å². The quantitative estimate of drug-likeness (QED) is 0.134. The summed E-state index contributed by atoms with van der Waals surface area (Å²) in [6, 6.07) is 15.8. The van der Waals surface area contributed by atoms with Crippen LogP contribution < -0.4 is 4.74 Å². The molecule has 0 spiro atoms. The first kappa shape index (κ1) is 27.9. The maximum Gasteiger partial charge on any atom is 0.273 e. The molecule has 2 bridgehead atoms. The average Bonchev–Trinajstić information content (AvgIpc) is 3.67. The standard InChI is InChI=1S/C30H23Cl2N3O7/c31-23-12-5-19(14-24(23)32)28(37)33(34-29(38)26-17-1-2-18(13-17)27(26)30(34)39)15-25(36)16-3-8-21(9-4-16)42-22-10-6-20(7-11-22)35(40)41/h3-12,14,17-18,26-27H,1-2,13,15H2/t17-,18-,26-,27-/m0/s1. The van der Waals surface area contributed by atoms with E-state index in [9.17, 15) is 29.3 Å². The lowest BCUT2D eigenvalue weighted by molar-refractivity contribution is -0.384. The number of non-ortho nitro benzene ring substituents is 1. The molecule has 3 fully saturated rings. The monoisotopic (exact) mass is 607 g/mol. The molecule has 3 amide bonds. The summed E-state index contributed by atoms with van der Waals surface area (Å²) in [6.07, 6.45) is 2.56. The van der Waals surface area contributed by atoms with Crippen molar-refractivity contribution in [2.75, 3.05) is 6.54 Å². The van der Waals surface area contributed by atoms with Gasteiger partial charge in [0.1, 0.15) is 18.0 Å². The largest absolute Gasteiger partial charge is 0.457 e. The number of halogens is 2. The van der Waals surface area contributed by atoms with Crippen molar-refractivity contribution in [3.63, 3.8) is 0 Å². The topological polar surface area (TPSA) is 127 Å². The van der Waals surface area contributed by atoms with Gasteiger partial charge in [0.25, 0.3) is 23.4 Å². The molecule has 3 aromatic rings. The van der Waals surface area contributed by atoms with Gasteiger partial charge in [-0.1, -0.05) is 23.2 Å². The van der Waals surface area contributed by atoms with Crippen molar-refractivity contribution in [1.82, 2.24) is 10.0 Å². The van der Waals surface area contributed by atoms with Crippen molar-refractivity contribution >= 4 is 52.4 Å². The van der Waals surface area contributed by atoms with Gasteiger partial charge in [-0.25, -0.2) is 5.01 Å². The molecular weight excluding hydrogens is 585 g/mol. The number of carbonyl (C=O) groups is 4. The number of rotatable bonds is 8. The van der Waals surface area contributed by atoms with E-state index in [4.69, 9.17) is 27.9 Å². The Kier molecular flexibility index (Phi) is 7.20. The highest BCUT2D eigenvalue weighted by atomic mass is 35.5.